The molecule has 27 heavy (non-hydrogen) atoms. The molecule has 0 fully saturated rings. The molecular weight excluding hydrogens is 330 g/mol. The number of hydrogen-bond acceptors (Lipinski definition) is 2. The Morgan fingerprint density at radius 1 is 0.704 bits per heavy atom. The summed E-state index contributed by atoms with van der Waals surface area (Å²) in [5.41, 5.74) is 9.05. The van der Waals surface area contributed by atoms with Crippen LogP contribution in [0.3, 0.4) is 0 Å². The maximum Gasteiger partial charge on any atom is 0.0995 e. The van der Waals surface area contributed by atoms with Crippen LogP contribution in [-0.2, 0) is 0 Å². The van der Waals surface area contributed by atoms with Crippen LogP contribution in [0.4, 0.5) is 0 Å². The summed E-state index contributed by atoms with van der Waals surface area (Å²) in [6.07, 6.45) is 0. The van der Waals surface area contributed by atoms with E-state index in [1.165, 1.54) is 27.1 Å². The van der Waals surface area contributed by atoms with Crippen LogP contribution < -0.4 is 0 Å². The summed E-state index contributed by atoms with van der Waals surface area (Å²) in [6, 6.07) is 15.1. The van der Waals surface area contributed by atoms with Gasteiger partial charge in [-0.15, -0.1) is 0 Å². The zero-order valence-electron chi connectivity index (χ0n) is 15.7. The second kappa shape index (κ2) is 5.00. The Bertz CT molecular complexity index is 1410. The molecule has 3 nitrogen and oxygen atoms in total. The molecule has 2 aromatic heterocycles. The van der Waals surface area contributed by atoms with Gasteiger partial charge in [0.25, 0.3) is 0 Å². The molecule has 0 saturated heterocycles. The fourth-order valence-electron chi connectivity index (χ4n) is 4.62. The molecule has 0 unspecified atom stereocenters. The van der Waals surface area contributed by atoms with Gasteiger partial charge in [0.15, 0.2) is 0 Å². The fraction of sp³-hybridized carbons (Fsp3) is 0.167. The van der Waals surface area contributed by atoms with E-state index in [4.69, 9.17) is 0 Å². The van der Waals surface area contributed by atoms with Gasteiger partial charge in [0.1, 0.15) is 0 Å². The summed E-state index contributed by atoms with van der Waals surface area (Å²) in [6.45, 7) is 8.22. The standard InChI is InChI=1S/C24H17N3/c1-12-14(3)22-18-6-5-7-19-23-15(4)13(2)17(11-26)9-21(23)27(24(18)19)20(22)8-16(12)10-25/h5-9H,1-4H3. The average Bonchev–Trinajstić information content (AvgIpc) is 3.18. The van der Waals surface area contributed by atoms with Gasteiger partial charge in [0.05, 0.1) is 39.8 Å². The number of nitriles is 2. The van der Waals surface area contributed by atoms with E-state index < -0.39 is 0 Å². The van der Waals surface area contributed by atoms with Crippen LogP contribution in [0.1, 0.15) is 33.4 Å². The summed E-state index contributed by atoms with van der Waals surface area (Å²) in [4.78, 5) is 0. The predicted molar refractivity (Wildman–Crippen MR) is 109 cm³/mol. The Kier molecular flexibility index (Phi) is 2.90. The number of rotatable bonds is 0. The van der Waals surface area contributed by atoms with Crippen molar-refractivity contribution in [2.75, 3.05) is 0 Å². The number of aromatic nitrogens is 1. The minimum Gasteiger partial charge on any atom is -0.308 e. The second-order valence-electron chi connectivity index (χ2n) is 7.40. The Morgan fingerprint density at radius 3 is 1.56 bits per heavy atom. The number of aryl methyl sites for hydroxylation is 2. The molecular formula is C24H17N3. The lowest BCUT2D eigenvalue weighted by molar-refractivity contribution is 1.30. The molecule has 0 amide bonds. The first-order valence-corrected chi connectivity index (χ1v) is 9.02. The highest BCUT2D eigenvalue weighted by molar-refractivity contribution is 6.24. The van der Waals surface area contributed by atoms with Gasteiger partial charge < -0.3 is 4.40 Å². The first-order chi connectivity index (χ1) is 13.0. The summed E-state index contributed by atoms with van der Waals surface area (Å²) < 4.78 is 2.25. The summed E-state index contributed by atoms with van der Waals surface area (Å²) in [5, 5.41) is 24.0. The van der Waals surface area contributed by atoms with Gasteiger partial charge >= 0.3 is 0 Å². The monoisotopic (exact) mass is 347 g/mol. The van der Waals surface area contributed by atoms with Crippen LogP contribution in [0, 0.1) is 50.4 Å². The number of benzene rings is 3. The highest BCUT2D eigenvalue weighted by Gasteiger charge is 2.22. The quantitative estimate of drug-likeness (QED) is 0.355. The van der Waals surface area contributed by atoms with Crippen LogP contribution in [0.5, 0.6) is 0 Å². The largest absolute Gasteiger partial charge is 0.308 e. The molecule has 0 aliphatic carbocycles. The number of para-hydroxylation sites is 1. The molecule has 3 heteroatoms. The van der Waals surface area contributed by atoms with Crippen molar-refractivity contribution in [1.29, 1.82) is 10.5 Å². The third-order valence-corrected chi connectivity index (χ3v) is 6.28. The smallest absolute Gasteiger partial charge is 0.0995 e. The molecule has 128 valence electrons. The molecule has 0 saturated carbocycles. The molecule has 2 heterocycles. The van der Waals surface area contributed by atoms with E-state index in [2.05, 4.69) is 48.6 Å². The van der Waals surface area contributed by atoms with E-state index in [0.29, 0.717) is 11.1 Å². The molecule has 0 aliphatic heterocycles. The molecule has 0 spiro atoms. The number of nitrogens with zero attached hydrogens (tertiary/aromatic N) is 3. The summed E-state index contributed by atoms with van der Waals surface area (Å²) in [5.74, 6) is 0. The van der Waals surface area contributed by atoms with Gasteiger partial charge in [-0.2, -0.15) is 10.5 Å². The molecule has 0 atom stereocenters. The van der Waals surface area contributed by atoms with Crippen molar-refractivity contribution in [1.82, 2.24) is 4.40 Å². The first-order valence-electron chi connectivity index (χ1n) is 9.02. The van der Waals surface area contributed by atoms with E-state index in [9.17, 15) is 10.5 Å². The van der Waals surface area contributed by atoms with Crippen molar-refractivity contribution in [3.63, 3.8) is 0 Å². The minimum atomic E-state index is 0.707. The van der Waals surface area contributed by atoms with E-state index in [-0.39, 0.29) is 0 Å². The van der Waals surface area contributed by atoms with E-state index in [1.54, 1.807) is 0 Å². The predicted octanol–water partition coefficient (Wildman–Crippen LogP) is 5.81. The molecule has 5 aromatic rings. The number of fused-ring (bicyclic) bond motifs is 6. The molecule has 5 rings (SSSR count). The van der Waals surface area contributed by atoms with Crippen molar-refractivity contribution >= 4 is 38.1 Å². The van der Waals surface area contributed by atoms with E-state index >= 15 is 0 Å². The minimum absolute atomic E-state index is 0.707. The Balaban J connectivity index is 2.21. The molecule has 0 aliphatic rings. The van der Waals surface area contributed by atoms with Gasteiger partial charge in [-0.25, -0.2) is 0 Å². The Morgan fingerprint density at radius 2 is 1.15 bits per heavy atom. The van der Waals surface area contributed by atoms with E-state index in [0.717, 1.165) is 33.3 Å². The maximum atomic E-state index is 9.61. The van der Waals surface area contributed by atoms with Crippen LogP contribution in [0.15, 0.2) is 30.3 Å². The van der Waals surface area contributed by atoms with E-state index in [1.807, 2.05) is 26.0 Å². The molecule has 0 bridgehead atoms. The van der Waals surface area contributed by atoms with Gasteiger partial charge in [-0.05, 0) is 62.1 Å². The number of hydrogen-bond donors (Lipinski definition) is 0. The van der Waals surface area contributed by atoms with Crippen molar-refractivity contribution in [2.45, 2.75) is 27.7 Å². The lowest BCUT2D eigenvalue weighted by Crippen LogP contribution is -1.92. The van der Waals surface area contributed by atoms with Crippen LogP contribution >= 0.6 is 0 Å². The Labute approximate surface area is 157 Å². The molecule has 0 radical (unpaired) electrons. The normalized spacial score (nSPS) is 11.6. The van der Waals surface area contributed by atoms with Gasteiger partial charge in [0.2, 0.25) is 0 Å². The second-order valence-corrected chi connectivity index (χ2v) is 7.40. The van der Waals surface area contributed by atoms with Crippen molar-refractivity contribution in [3.8, 4) is 12.1 Å². The van der Waals surface area contributed by atoms with Crippen molar-refractivity contribution < 1.29 is 0 Å². The Hall–Kier alpha value is -3.56. The zero-order valence-corrected chi connectivity index (χ0v) is 15.7. The topological polar surface area (TPSA) is 52.0 Å². The summed E-state index contributed by atoms with van der Waals surface area (Å²) in [7, 11) is 0. The first kappa shape index (κ1) is 15.7. The molecule has 3 aromatic carbocycles. The third-order valence-electron chi connectivity index (χ3n) is 6.28. The lowest BCUT2D eigenvalue weighted by Gasteiger charge is -2.09. The summed E-state index contributed by atoms with van der Waals surface area (Å²) >= 11 is 0. The highest BCUT2D eigenvalue weighted by Crippen LogP contribution is 2.43. The maximum absolute atomic E-state index is 9.61. The van der Waals surface area contributed by atoms with Gasteiger partial charge in [-0.3, -0.25) is 0 Å². The SMILES string of the molecule is Cc1c(C#N)cc2c(c1C)c1cccc3c4c(C)c(C)c(C#N)cc4n2c13. The molecule has 0 N–H and O–H groups in total. The van der Waals surface area contributed by atoms with Gasteiger partial charge in [-0.1, -0.05) is 18.2 Å². The van der Waals surface area contributed by atoms with Crippen LogP contribution in [0.2, 0.25) is 0 Å². The highest BCUT2D eigenvalue weighted by atomic mass is 14.9. The zero-order chi connectivity index (χ0) is 19.0. The van der Waals surface area contributed by atoms with Gasteiger partial charge in [0, 0.05) is 21.5 Å². The van der Waals surface area contributed by atoms with Crippen LogP contribution in [-0.4, -0.2) is 4.40 Å². The fourth-order valence-corrected chi connectivity index (χ4v) is 4.62. The van der Waals surface area contributed by atoms with Crippen molar-refractivity contribution in [2.24, 2.45) is 0 Å². The lowest BCUT2D eigenvalue weighted by atomic mass is 9.95. The van der Waals surface area contributed by atoms with Crippen molar-refractivity contribution in [3.05, 3.63) is 63.7 Å². The third kappa shape index (κ3) is 1.69. The van der Waals surface area contributed by atoms with Crippen LogP contribution in [0.25, 0.3) is 38.1 Å². The average molecular weight is 347 g/mol.